The molecule has 3 heterocycles. The quantitative estimate of drug-likeness (QED) is 0.845. The highest BCUT2D eigenvalue weighted by atomic mass is 16.5. The van der Waals surface area contributed by atoms with E-state index in [1.165, 1.54) is 0 Å². The maximum atomic E-state index is 12.7. The van der Waals surface area contributed by atoms with Gasteiger partial charge in [0.25, 0.3) is 5.91 Å². The smallest absolute Gasteiger partial charge is 0.272 e. The molecule has 24 heavy (non-hydrogen) atoms. The SMILES string of the molecule is COCCn1ccnc1[C@H]1CCCN(C(=O)c2cccc(C)n2)C1. The fourth-order valence-electron chi connectivity index (χ4n) is 3.26. The molecule has 0 spiro atoms. The number of hydrogen-bond donors (Lipinski definition) is 0. The first-order valence-corrected chi connectivity index (χ1v) is 8.42. The van der Waals surface area contributed by atoms with E-state index in [0.29, 0.717) is 18.8 Å². The van der Waals surface area contributed by atoms with Crippen LogP contribution in [0.4, 0.5) is 0 Å². The molecule has 1 saturated heterocycles. The molecule has 1 fully saturated rings. The minimum absolute atomic E-state index is 0.0124. The number of aromatic nitrogens is 3. The fourth-order valence-corrected chi connectivity index (χ4v) is 3.26. The van der Waals surface area contributed by atoms with Crippen molar-refractivity contribution in [3.05, 3.63) is 47.8 Å². The van der Waals surface area contributed by atoms with Crippen molar-refractivity contribution < 1.29 is 9.53 Å². The summed E-state index contributed by atoms with van der Waals surface area (Å²) in [6, 6.07) is 5.58. The number of ether oxygens (including phenoxy) is 1. The summed E-state index contributed by atoms with van der Waals surface area (Å²) < 4.78 is 7.30. The van der Waals surface area contributed by atoms with Crippen molar-refractivity contribution in [2.75, 3.05) is 26.8 Å². The van der Waals surface area contributed by atoms with E-state index in [1.54, 1.807) is 13.2 Å². The molecule has 0 N–H and O–H groups in total. The van der Waals surface area contributed by atoms with E-state index in [2.05, 4.69) is 14.5 Å². The lowest BCUT2D eigenvalue weighted by atomic mass is 9.96. The number of amides is 1. The monoisotopic (exact) mass is 328 g/mol. The molecular formula is C18H24N4O2. The highest BCUT2D eigenvalue weighted by molar-refractivity contribution is 5.92. The van der Waals surface area contributed by atoms with Gasteiger partial charge in [-0.15, -0.1) is 0 Å². The maximum Gasteiger partial charge on any atom is 0.272 e. The van der Waals surface area contributed by atoms with Gasteiger partial charge in [0.2, 0.25) is 0 Å². The van der Waals surface area contributed by atoms with Crippen LogP contribution in [0.1, 0.15) is 40.8 Å². The second-order valence-electron chi connectivity index (χ2n) is 6.23. The van der Waals surface area contributed by atoms with Crippen molar-refractivity contribution in [3.63, 3.8) is 0 Å². The van der Waals surface area contributed by atoms with Gasteiger partial charge in [0.05, 0.1) is 6.61 Å². The number of carbonyl (C=O) groups is 1. The summed E-state index contributed by atoms with van der Waals surface area (Å²) in [4.78, 5) is 23.5. The third kappa shape index (κ3) is 3.64. The van der Waals surface area contributed by atoms with E-state index in [4.69, 9.17) is 4.74 Å². The Morgan fingerprint density at radius 3 is 3.08 bits per heavy atom. The number of methoxy groups -OCH3 is 1. The third-order valence-electron chi connectivity index (χ3n) is 4.47. The summed E-state index contributed by atoms with van der Waals surface area (Å²) in [6.07, 6.45) is 5.85. The number of pyridine rings is 1. The molecule has 6 nitrogen and oxygen atoms in total. The lowest BCUT2D eigenvalue weighted by Gasteiger charge is -2.32. The van der Waals surface area contributed by atoms with Gasteiger partial charge in [-0.2, -0.15) is 0 Å². The van der Waals surface area contributed by atoms with Crippen molar-refractivity contribution >= 4 is 5.91 Å². The van der Waals surface area contributed by atoms with Gasteiger partial charge in [-0.25, -0.2) is 9.97 Å². The zero-order valence-corrected chi connectivity index (χ0v) is 14.3. The molecule has 0 aromatic carbocycles. The van der Waals surface area contributed by atoms with Gasteiger partial charge in [0.15, 0.2) is 0 Å². The number of aryl methyl sites for hydroxylation is 1. The van der Waals surface area contributed by atoms with Crippen LogP contribution in [0.5, 0.6) is 0 Å². The van der Waals surface area contributed by atoms with Crippen molar-refractivity contribution in [3.8, 4) is 0 Å². The van der Waals surface area contributed by atoms with Crippen LogP contribution in [0.3, 0.4) is 0 Å². The minimum atomic E-state index is 0.0124. The van der Waals surface area contributed by atoms with Crippen molar-refractivity contribution in [1.29, 1.82) is 0 Å². The Morgan fingerprint density at radius 2 is 2.29 bits per heavy atom. The van der Waals surface area contributed by atoms with Gasteiger partial charge >= 0.3 is 0 Å². The number of carbonyl (C=O) groups excluding carboxylic acids is 1. The minimum Gasteiger partial charge on any atom is -0.383 e. The van der Waals surface area contributed by atoms with Gasteiger partial charge in [-0.05, 0) is 31.9 Å². The standard InChI is InChI=1S/C18H24N4O2/c1-14-5-3-7-16(20-14)18(23)22-9-4-6-15(13-22)17-19-8-10-21(17)11-12-24-2/h3,5,7-8,10,15H,4,6,9,11-13H2,1-2H3/t15-/m0/s1. The summed E-state index contributed by atoms with van der Waals surface area (Å²) in [7, 11) is 1.70. The summed E-state index contributed by atoms with van der Waals surface area (Å²) in [5.74, 6) is 1.32. The molecule has 0 saturated carbocycles. The molecule has 0 aliphatic carbocycles. The molecule has 0 radical (unpaired) electrons. The molecule has 128 valence electrons. The molecule has 1 aliphatic heterocycles. The van der Waals surface area contributed by atoms with Gasteiger partial charge < -0.3 is 14.2 Å². The number of rotatable bonds is 5. The third-order valence-corrected chi connectivity index (χ3v) is 4.47. The van der Waals surface area contributed by atoms with E-state index in [9.17, 15) is 4.79 Å². The molecular weight excluding hydrogens is 304 g/mol. The number of piperidine rings is 1. The lowest BCUT2D eigenvalue weighted by molar-refractivity contribution is 0.0696. The molecule has 2 aromatic rings. The van der Waals surface area contributed by atoms with E-state index >= 15 is 0 Å². The van der Waals surface area contributed by atoms with Crippen LogP contribution in [0.2, 0.25) is 0 Å². The zero-order chi connectivity index (χ0) is 16.9. The van der Waals surface area contributed by atoms with Crippen LogP contribution in [0, 0.1) is 6.92 Å². The Kier molecular flexibility index (Phi) is 5.25. The number of imidazole rings is 1. The predicted molar refractivity (Wildman–Crippen MR) is 91.0 cm³/mol. The van der Waals surface area contributed by atoms with Gasteiger partial charge in [-0.3, -0.25) is 4.79 Å². The summed E-state index contributed by atoms with van der Waals surface area (Å²) in [5, 5.41) is 0. The Balaban J connectivity index is 1.73. The highest BCUT2D eigenvalue weighted by Gasteiger charge is 2.28. The number of nitrogens with zero attached hydrogens (tertiary/aromatic N) is 4. The van der Waals surface area contributed by atoms with E-state index in [1.807, 2.05) is 36.4 Å². The first kappa shape index (κ1) is 16.6. The van der Waals surface area contributed by atoms with Crippen LogP contribution in [0.25, 0.3) is 0 Å². The lowest BCUT2D eigenvalue weighted by Crippen LogP contribution is -2.40. The number of likely N-dealkylation sites (tertiary alicyclic amines) is 1. The maximum absolute atomic E-state index is 12.7. The van der Waals surface area contributed by atoms with Gasteiger partial charge in [0, 0.05) is 50.7 Å². The van der Waals surface area contributed by atoms with E-state index in [-0.39, 0.29) is 11.8 Å². The Hall–Kier alpha value is -2.21. The largest absolute Gasteiger partial charge is 0.383 e. The molecule has 0 unspecified atom stereocenters. The average Bonchev–Trinajstić information content (AvgIpc) is 3.08. The average molecular weight is 328 g/mol. The Bertz CT molecular complexity index is 698. The Labute approximate surface area is 142 Å². The van der Waals surface area contributed by atoms with Crippen LogP contribution in [-0.2, 0) is 11.3 Å². The van der Waals surface area contributed by atoms with E-state index in [0.717, 1.165) is 37.4 Å². The molecule has 1 aliphatic rings. The Morgan fingerprint density at radius 1 is 1.42 bits per heavy atom. The van der Waals surface area contributed by atoms with Crippen LogP contribution in [-0.4, -0.2) is 52.1 Å². The van der Waals surface area contributed by atoms with Crippen LogP contribution >= 0.6 is 0 Å². The first-order chi connectivity index (χ1) is 11.7. The first-order valence-electron chi connectivity index (χ1n) is 8.42. The predicted octanol–water partition coefficient (Wildman–Crippen LogP) is 2.25. The number of hydrogen-bond acceptors (Lipinski definition) is 4. The van der Waals surface area contributed by atoms with Gasteiger partial charge in [-0.1, -0.05) is 6.07 Å². The summed E-state index contributed by atoms with van der Waals surface area (Å²) in [6.45, 7) is 4.83. The highest BCUT2D eigenvalue weighted by Crippen LogP contribution is 2.26. The zero-order valence-electron chi connectivity index (χ0n) is 14.3. The van der Waals surface area contributed by atoms with Crippen molar-refractivity contribution in [2.45, 2.75) is 32.2 Å². The van der Waals surface area contributed by atoms with Crippen LogP contribution in [0.15, 0.2) is 30.6 Å². The molecule has 1 atom stereocenters. The molecule has 6 heteroatoms. The molecule has 2 aromatic heterocycles. The second kappa shape index (κ2) is 7.57. The van der Waals surface area contributed by atoms with Crippen molar-refractivity contribution in [1.82, 2.24) is 19.4 Å². The van der Waals surface area contributed by atoms with Crippen molar-refractivity contribution in [2.24, 2.45) is 0 Å². The summed E-state index contributed by atoms with van der Waals surface area (Å²) >= 11 is 0. The normalized spacial score (nSPS) is 17.9. The fraction of sp³-hybridized carbons (Fsp3) is 0.500. The topological polar surface area (TPSA) is 60.2 Å². The summed E-state index contributed by atoms with van der Waals surface area (Å²) in [5.41, 5.74) is 1.39. The van der Waals surface area contributed by atoms with Gasteiger partial charge in [0.1, 0.15) is 11.5 Å². The molecule has 0 bridgehead atoms. The molecule has 3 rings (SSSR count). The molecule has 1 amide bonds. The second-order valence-corrected chi connectivity index (χ2v) is 6.23. The van der Waals surface area contributed by atoms with Crippen LogP contribution < -0.4 is 0 Å². The van der Waals surface area contributed by atoms with E-state index < -0.39 is 0 Å².